The summed E-state index contributed by atoms with van der Waals surface area (Å²) >= 11 is 7.57. The van der Waals surface area contributed by atoms with E-state index in [4.69, 9.17) is 11.6 Å². The zero-order chi connectivity index (χ0) is 13.9. The number of halogens is 1. The maximum atomic E-state index is 11.8. The van der Waals surface area contributed by atoms with Gasteiger partial charge in [0.2, 0.25) is 5.95 Å². The van der Waals surface area contributed by atoms with Gasteiger partial charge in [-0.1, -0.05) is 23.7 Å². The second-order valence-corrected chi connectivity index (χ2v) is 6.06. The Morgan fingerprint density at radius 2 is 2.10 bits per heavy atom. The SMILES string of the molecule is O=c1[nH]c(NCCc2ccc(Cl)cc2)nc2c1CSC2. The molecule has 0 radical (unpaired) electrons. The van der Waals surface area contributed by atoms with Gasteiger partial charge in [-0.2, -0.15) is 11.8 Å². The molecule has 0 saturated heterocycles. The van der Waals surface area contributed by atoms with Gasteiger partial charge >= 0.3 is 0 Å². The lowest BCUT2D eigenvalue weighted by Gasteiger charge is -2.07. The molecular formula is C14H14ClN3OS. The molecule has 1 aromatic carbocycles. The molecule has 1 aliphatic rings. The number of aromatic amines is 1. The zero-order valence-electron chi connectivity index (χ0n) is 10.8. The minimum atomic E-state index is -0.0195. The van der Waals surface area contributed by atoms with Crippen molar-refractivity contribution in [3.05, 3.63) is 56.5 Å². The molecule has 0 atom stereocenters. The number of anilines is 1. The van der Waals surface area contributed by atoms with Crippen LogP contribution >= 0.6 is 23.4 Å². The molecule has 3 rings (SSSR count). The van der Waals surface area contributed by atoms with Crippen molar-refractivity contribution in [2.24, 2.45) is 0 Å². The highest BCUT2D eigenvalue weighted by Crippen LogP contribution is 2.25. The zero-order valence-corrected chi connectivity index (χ0v) is 12.4. The Hall–Kier alpha value is -1.46. The third-order valence-electron chi connectivity index (χ3n) is 3.21. The van der Waals surface area contributed by atoms with Gasteiger partial charge in [0.15, 0.2) is 0 Å². The standard InChI is InChI=1S/C14H14ClN3OS/c15-10-3-1-9(2-4-10)5-6-16-14-17-12-8-20-7-11(12)13(19)18-14/h1-4H,5-8H2,(H2,16,17,18,19). The third kappa shape index (κ3) is 2.99. The highest BCUT2D eigenvalue weighted by atomic mass is 35.5. The molecular weight excluding hydrogens is 294 g/mol. The third-order valence-corrected chi connectivity index (χ3v) is 4.43. The molecule has 6 heteroatoms. The summed E-state index contributed by atoms with van der Waals surface area (Å²) in [6.45, 7) is 0.719. The molecule has 0 unspecified atom stereocenters. The van der Waals surface area contributed by atoms with Gasteiger partial charge in [0, 0.05) is 28.6 Å². The first-order chi connectivity index (χ1) is 9.72. The summed E-state index contributed by atoms with van der Waals surface area (Å²) in [5, 5.41) is 3.91. The van der Waals surface area contributed by atoms with Crippen LogP contribution in [0.3, 0.4) is 0 Å². The molecule has 20 heavy (non-hydrogen) atoms. The summed E-state index contributed by atoms with van der Waals surface area (Å²) in [4.78, 5) is 19.1. The molecule has 0 aliphatic carbocycles. The van der Waals surface area contributed by atoms with Gasteiger partial charge in [0.1, 0.15) is 0 Å². The summed E-state index contributed by atoms with van der Waals surface area (Å²) in [6.07, 6.45) is 0.854. The Labute approximate surface area is 126 Å². The minimum absolute atomic E-state index is 0.0195. The van der Waals surface area contributed by atoms with Gasteiger partial charge in [0.05, 0.1) is 5.69 Å². The van der Waals surface area contributed by atoms with E-state index in [9.17, 15) is 4.79 Å². The lowest BCUT2D eigenvalue weighted by Crippen LogP contribution is -2.18. The van der Waals surface area contributed by atoms with E-state index in [1.165, 1.54) is 5.56 Å². The molecule has 4 nitrogen and oxygen atoms in total. The number of rotatable bonds is 4. The Morgan fingerprint density at radius 3 is 2.90 bits per heavy atom. The molecule has 2 heterocycles. The predicted octanol–water partition coefficient (Wildman–Crippen LogP) is 2.82. The van der Waals surface area contributed by atoms with Crippen LogP contribution in [0.2, 0.25) is 5.02 Å². The summed E-state index contributed by atoms with van der Waals surface area (Å²) < 4.78 is 0. The van der Waals surface area contributed by atoms with E-state index in [1.54, 1.807) is 11.8 Å². The first kappa shape index (κ1) is 13.5. The van der Waals surface area contributed by atoms with Crippen LogP contribution in [0, 0.1) is 0 Å². The number of hydrogen-bond acceptors (Lipinski definition) is 4. The molecule has 0 saturated carbocycles. The van der Waals surface area contributed by atoms with Crippen molar-refractivity contribution in [2.45, 2.75) is 17.9 Å². The van der Waals surface area contributed by atoms with E-state index in [-0.39, 0.29) is 5.56 Å². The van der Waals surface area contributed by atoms with Gasteiger partial charge in [-0.15, -0.1) is 0 Å². The average Bonchev–Trinajstić information content (AvgIpc) is 2.90. The molecule has 104 valence electrons. The Kier molecular flexibility index (Phi) is 3.98. The van der Waals surface area contributed by atoms with Crippen LogP contribution in [0.15, 0.2) is 29.1 Å². The van der Waals surface area contributed by atoms with E-state index in [1.807, 2.05) is 24.3 Å². The number of aromatic nitrogens is 2. The van der Waals surface area contributed by atoms with Gasteiger partial charge in [0.25, 0.3) is 5.56 Å². The van der Waals surface area contributed by atoms with Crippen molar-refractivity contribution >= 4 is 29.3 Å². The number of thioether (sulfide) groups is 1. The second kappa shape index (κ2) is 5.89. The summed E-state index contributed by atoms with van der Waals surface area (Å²) in [7, 11) is 0. The number of benzene rings is 1. The Morgan fingerprint density at radius 1 is 1.30 bits per heavy atom. The Balaban J connectivity index is 1.63. The molecule has 0 bridgehead atoms. The Bertz CT molecular complexity index is 669. The van der Waals surface area contributed by atoms with Crippen molar-refractivity contribution in [3.63, 3.8) is 0 Å². The normalized spacial score (nSPS) is 13.2. The van der Waals surface area contributed by atoms with Crippen LogP contribution in [0.25, 0.3) is 0 Å². The fourth-order valence-corrected chi connectivity index (χ4v) is 3.28. The van der Waals surface area contributed by atoms with Crippen LogP contribution in [-0.2, 0) is 17.9 Å². The van der Waals surface area contributed by atoms with E-state index in [2.05, 4.69) is 15.3 Å². The van der Waals surface area contributed by atoms with Gasteiger partial charge in [-0.3, -0.25) is 9.78 Å². The smallest absolute Gasteiger partial charge is 0.256 e. The fraction of sp³-hybridized carbons (Fsp3) is 0.286. The van der Waals surface area contributed by atoms with E-state index < -0.39 is 0 Å². The first-order valence-electron chi connectivity index (χ1n) is 6.40. The van der Waals surface area contributed by atoms with E-state index in [0.717, 1.165) is 40.8 Å². The van der Waals surface area contributed by atoms with Crippen LogP contribution in [0.1, 0.15) is 16.8 Å². The fourth-order valence-electron chi connectivity index (χ4n) is 2.12. The predicted molar refractivity (Wildman–Crippen MR) is 83.5 cm³/mol. The van der Waals surface area contributed by atoms with Crippen molar-refractivity contribution in [3.8, 4) is 0 Å². The monoisotopic (exact) mass is 307 g/mol. The molecule has 1 aromatic heterocycles. The molecule has 0 fully saturated rings. The maximum absolute atomic E-state index is 11.8. The van der Waals surface area contributed by atoms with Crippen molar-refractivity contribution in [2.75, 3.05) is 11.9 Å². The number of fused-ring (bicyclic) bond motifs is 1. The van der Waals surface area contributed by atoms with Crippen molar-refractivity contribution in [1.29, 1.82) is 0 Å². The van der Waals surface area contributed by atoms with Crippen molar-refractivity contribution < 1.29 is 0 Å². The van der Waals surface area contributed by atoms with Crippen molar-refractivity contribution in [1.82, 2.24) is 9.97 Å². The van der Waals surface area contributed by atoms with E-state index in [0.29, 0.717) is 5.95 Å². The topological polar surface area (TPSA) is 57.8 Å². The summed E-state index contributed by atoms with van der Waals surface area (Å²) in [6, 6.07) is 7.76. The maximum Gasteiger partial charge on any atom is 0.256 e. The lowest BCUT2D eigenvalue weighted by atomic mass is 10.1. The lowest BCUT2D eigenvalue weighted by molar-refractivity contribution is 0.954. The minimum Gasteiger partial charge on any atom is -0.355 e. The molecule has 0 amide bonds. The summed E-state index contributed by atoms with van der Waals surface area (Å²) in [5.74, 6) is 2.15. The number of H-pyrrole nitrogens is 1. The first-order valence-corrected chi connectivity index (χ1v) is 7.94. The molecule has 2 aromatic rings. The molecule has 1 aliphatic heterocycles. The molecule has 0 spiro atoms. The van der Waals surface area contributed by atoms with Crippen LogP contribution in [-0.4, -0.2) is 16.5 Å². The second-order valence-electron chi connectivity index (χ2n) is 4.64. The number of nitrogens with zero attached hydrogens (tertiary/aromatic N) is 1. The molecule has 2 N–H and O–H groups in total. The largest absolute Gasteiger partial charge is 0.355 e. The number of nitrogens with one attached hydrogen (secondary N) is 2. The van der Waals surface area contributed by atoms with Gasteiger partial charge < -0.3 is 5.32 Å². The van der Waals surface area contributed by atoms with Gasteiger partial charge in [-0.05, 0) is 24.1 Å². The van der Waals surface area contributed by atoms with E-state index >= 15 is 0 Å². The van der Waals surface area contributed by atoms with Gasteiger partial charge in [-0.25, -0.2) is 4.98 Å². The van der Waals surface area contributed by atoms with Crippen LogP contribution in [0.4, 0.5) is 5.95 Å². The summed E-state index contributed by atoms with van der Waals surface area (Å²) in [5.41, 5.74) is 2.90. The highest BCUT2D eigenvalue weighted by molar-refractivity contribution is 7.98. The van der Waals surface area contributed by atoms with Crippen LogP contribution in [0.5, 0.6) is 0 Å². The average molecular weight is 308 g/mol. The van der Waals surface area contributed by atoms with Crippen LogP contribution < -0.4 is 10.9 Å². The highest BCUT2D eigenvalue weighted by Gasteiger charge is 2.17. The quantitative estimate of drug-likeness (QED) is 0.912. The number of hydrogen-bond donors (Lipinski definition) is 2.